The lowest BCUT2D eigenvalue weighted by Crippen LogP contribution is -2.48. The summed E-state index contributed by atoms with van der Waals surface area (Å²) in [5.74, 6) is 5.60. The van der Waals surface area contributed by atoms with Crippen molar-refractivity contribution >= 4 is 42.7 Å². The van der Waals surface area contributed by atoms with E-state index < -0.39 is 54.9 Å². The summed E-state index contributed by atoms with van der Waals surface area (Å²) < 4.78 is 80.0. The Morgan fingerprint density at radius 2 is 1.36 bits per heavy atom. The van der Waals surface area contributed by atoms with Gasteiger partial charge in [0.1, 0.15) is 6.10 Å². The van der Waals surface area contributed by atoms with E-state index in [0.717, 1.165) is 11.1 Å². The number of hydrogen-bond acceptors (Lipinski definition) is 8. The van der Waals surface area contributed by atoms with Crippen LogP contribution in [-0.4, -0.2) is 86.5 Å². The van der Waals surface area contributed by atoms with E-state index in [-0.39, 0.29) is 52.5 Å². The highest BCUT2D eigenvalue weighted by molar-refractivity contribution is 7.89. The summed E-state index contributed by atoms with van der Waals surface area (Å²) in [6.07, 6.45) is 1.25. The van der Waals surface area contributed by atoms with Crippen LogP contribution in [0.15, 0.2) is 100 Å². The highest BCUT2D eigenvalue weighted by Crippen LogP contribution is 2.40. The van der Waals surface area contributed by atoms with Crippen LogP contribution in [0.1, 0.15) is 75.9 Å². The fraction of sp³-hybridized carbons (Fsp3) is 0.489. The van der Waals surface area contributed by atoms with E-state index in [4.69, 9.17) is 13.6 Å². The number of benzene rings is 3. The van der Waals surface area contributed by atoms with Crippen molar-refractivity contribution in [2.75, 3.05) is 26.2 Å². The molecule has 1 aliphatic rings. The van der Waals surface area contributed by atoms with Gasteiger partial charge in [0.05, 0.1) is 28.0 Å². The highest BCUT2D eigenvalue weighted by Gasteiger charge is 2.42. The zero-order valence-electron chi connectivity index (χ0n) is 37.0. The van der Waals surface area contributed by atoms with Gasteiger partial charge in [0.2, 0.25) is 10.0 Å². The molecule has 322 valence electrons. The van der Waals surface area contributed by atoms with E-state index in [1.165, 1.54) is 8.61 Å². The largest absolute Gasteiger partial charge is 0.449 e. The minimum Gasteiger partial charge on any atom is -0.449 e. The molecule has 3 aromatic carbocycles. The van der Waals surface area contributed by atoms with Gasteiger partial charge in [0, 0.05) is 18.8 Å². The lowest BCUT2D eigenvalue weighted by Gasteiger charge is -2.42. The topological polar surface area (TPSA) is 120 Å². The van der Waals surface area contributed by atoms with Crippen molar-refractivity contribution in [2.24, 2.45) is 0 Å². The lowest BCUT2D eigenvalue weighted by atomic mass is 10.1. The van der Waals surface area contributed by atoms with Crippen LogP contribution in [0.4, 0.5) is 0 Å². The number of ether oxygens (including phenoxy) is 1. The Morgan fingerprint density at radius 1 is 0.814 bits per heavy atom. The third-order valence-corrected chi connectivity index (χ3v) is 24.3. The normalized spacial score (nSPS) is 16.3. The van der Waals surface area contributed by atoms with Crippen LogP contribution >= 0.6 is 0 Å². The summed E-state index contributed by atoms with van der Waals surface area (Å²) in [5.41, 5.74) is 2.55. The Bertz CT molecular complexity index is 2220. The van der Waals surface area contributed by atoms with Gasteiger partial charge >= 0.3 is 5.97 Å². The Hall–Kier alpha value is -3.56. The van der Waals surface area contributed by atoms with Gasteiger partial charge in [-0.2, -0.15) is 4.31 Å². The Labute approximate surface area is 356 Å². The van der Waals surface area contributed by atoms with E-state index in [1.807, 2.05) is 19.9 Å². The van der Waals surface area contributed by atoms with Crippen LogP contribution in [0.3, 0.4) is 0 Å². The van der Waals surface area contributed by atoms with Gasteiger partial charge in [-0.25, -0.2) is 21.6 Å². The van der Waals surface area contributed by atoms with Crippen molar-refractivity contribution in [1.29, 1.82) is 0 Å². The molecular weight excluding hydrogens is 817 g/mol. The molecule has 0 radical (unpaired) electrons. The van der Waals surface area contributed by atoms with E-state index in [1.54, 1.807) is 78.9 Å². The molecule has 0 amide bonds. The summed E-state index contributed by atoms with van der Waals surface area (Å²) in [6, 6.07) is 22.0. The molecule has 0 N–H and O–H groups in total. The number of esters is 1. The molecule has 59 heavy (non-hydrogen) atoms. The van der Waals surface area contributed by atoms with Crippen LogP contribution < -0.4 is 0 Å². The Morgan fingerprint density at radius 3 is 1.90 bits per heavy atom. The summed E-state index contributed by atoms with van der Waals surface area (Å²) in [5, 5.41) is -0.287. The minimum atomic E-state index is -4.19. The van der Waals surface area contributed by atoms with E-state index in [2.05, 4.69) is 79.6 Å². The first-order chi connectivity index (χ1) is 27.2. The van der Waals surface area contributed by atoms with Gasteiger partial charge < -0.3 is 13.6 Å². The van der Waals surface area contributed by atoms with Gasteiger partial charge in [-0.1, -0.05) is 107 Å². The number of sulfonamides is 2. The average molecular weight is 881 g/mol. The van der Waals surface area contributed by atoms with Crippen LogP contribution in [0.2, 0.25) is 36.3 Å². The predicted octanol–water partition coefficient (Wildman–Crippen LogP) is 9.30. The van der Waals surface area contributed by atoms with Crippen LogP contribution in [0, 0.1) is 25.7 Å². The summed E-state index contributed by atoms with van der Waals surface area (Å²) in [6.45, 7) is 24.7. The molecule has 0 fully saturated rings. The standard InChI is InChI=1S/C45H64N2O8S2Si2/c1-35-20-24-41(25-21-35)56(49,50)46(30-28-39(54-58(9,10)44(3,4)5)19-16-32-53-43(48)37-17-14-13-15-18-37)34-38-33-40(55-59(11,12)45(6,7)8)29-31-47(38)57(51,52)42-26-22-36(2)23-27-42/h13-15,17-18,20-27,33,39-40H,28-32,34H2,1-12H3. The molecule has 1 heterocycles. The maximum Gasteiger partial charge on any atom is 0.339 e. The first-order valence-corrected chi connectivity index (χ1v) is 28.9. The number of nitrogens with zero attached hydrogens (tertiary/aromatic N) is 2. The second-order valence-corrected chi connectivity index (χ2v) is 31.6. The molecule has 2 unspecified atom stereocenters. The van der Waals surface area contributed by atoms with E-state index in [9.17, 15) is 21.6 Å². The van der Waals surface area contributed by atoms with Crippen molar-refractivity contribution in [3.63, 3.8) is 0 Å². The smallest absolute Gasteiger partial charge is 0.339 e. The van der Waals surface area contributed by atoms with Gasteiger partial charge in [-0.3, -0.25) is 4.31 Å². The number of hydrogen-bond donors (Lipinski definition) is 0. The summed E-state index contributed by atoms with van der Waals surface area (Å²) >= 11 is 0. The van der Waals surface area contributed by atoms with Gasteiger partial charge in [-0.15, -0.1) is 0 Å². The van der Waals surface area contributed by atoms with Crippen molar-refractivity contribution < 1.29 is 35.2 Å². The number of carbonyl (C=O) groups is 1. The minimum absolute atomic E-state index is 0.0441. The molecule has 10 nitrogen and oxygen atoms in total. The maximum atomic E-state index is 14.7. The Balaban J connectivity index is 1.77. The zero-order chi connectivity index (χ0) is 44.0. The zero-order valence-corrected chi connectivity index (χ0v) is 40.6. The second kappa shape index (κ2) is 19.0. The third kappa shape index (κ3) is 12.5. The molecule has 0 spiro atoms. The van der Waals surface area contributed by atoms with Crippen molar-refractivity contribution in [1.82, 2.24) is 8.61 Å². The molecule has 3 aromatic rings. The third-order valence-electron chi connectivity index (χ3n) is 11.6. The molecule has 0 saturated heterocycles. The quantitative estimate of drug-likeness (QED) is 0.0843. The molecule has 0 aromatic heterocycles. The molecule has 0 saturated carbocycles. The fourth-order valence-electron chi connectivity index (χ4n) is 5.85. The number of carbonyl (C=O) groups excluding carboxylic acids is 1. The van der Waals surface area contributed by atoms with Crippen LogP contribution in [-0.2, 0) is 33.6 Å². The van der Waals surface area contributed by atoms with Gasteiger partial charge in [-0.05, 0) is 105 Å². The molecular formula is C45H64N2O8S2Si2. The summed E-state index contributed by atoms with van der Waals surface area (Å²) in [7, 11) is -13.0. The van der Waals surface area contributed by atoms with Crippen molar-refractivity contribution in [2.45, 2.75) is 126 Å². The lowest BCUT2D eigenvalue weighted by molar-refractivity contribution is 0.0556. The molecule has 4 rings (SSSR count). The van der Waals surface area contributed by atoms with Gasteiger partial charge in [0.15, 0.2) is 23.2 Å². The van der Waals surface area contributed by atoms with Crippen LogP contribution in [0.25, 0.3) is 0 Å². The number of aryl methyl sites for hydroxylation is 2. The average Bonchev–Trinajstić information content (AvgIpc) is 3.14. The summed E-state index contributed by atoms with van der Waals surface area (Å²) in [4.78, 5) is 12.8. The number of rotatable bonds is 15. The van der Waals surface area contributed by atoms with Crippen molar-refractivity contribution in [3.05, 3.63) is 107 Å². The highest BCUT2D eigenvalue weighted by atomic mass is 32.2. The molecule has 0 aliphatic carbocycles. The predicted molar refractivity (Wildman–Crippen MR) is 241 cm³/mol. The fourth-order valence-corrected chi connectivity index (χ4v) is 11.3. The first kappa shape index (κ1) is 48.1. The van der Waals surface area contributed by atoms with Crippen LogP contribution in [0.5, 0.6) is 0 Å². The SMILES string of the molecule is Cc1ccc(S(=O)(=O)N(CCC(C#CCOC(=O)c2ccccc2)O[Si](C)(C)C(C)(C)C)CC2=CC(O[Si](C)(C)C(C)(C)C)CCN2S(=O)(=O)c2ccc(C)cc2)cc1. The molecule has 0 bridgehead atoms. The maximum absolute atomic E-state index is 14.7. The molecule has 2 atom stereocenters. The van der Waals surface area contributed by atoms with E-state index >= 15 is 0 Å². The Kier molecular flexibility index (Phi) is 15.5. The van der Waals surface area contributed by atoms with Crippen molar-refractivity contribution in [3.8, 4) is 11.8 Å². The molecule has 1 aliphatic heterocycles. The monoisotopic (exact) mass is 880 g/mol. The van der Waals surface area contributed by atoms with E-state index in [0.29, 0.717) is 17.7 Å². The second-order valence-electron chi connectivity index (χ2n) is 18.3. The van der Waals surface area contributed by atoms with Gasteiger partial charge in [0.25, 0.3) is 10.0 Å². The molecule has 14 heteroatoms. The first-order valence-electron chi connectivity index (χ1n) is 20.2.